The van der Waals surface area contributed by atoms with E-state index in [0.717, 1.165) is 16.7 Å². The Morgan fingerprint density at radius 1 is 1.21 bits per heavy atom. The van der Waals surface area contributed by atoms with Crippen molar-refractivity contribution in [3.63, 3.8) is 0 Å². The van der Waals surface area contributed by atoms with Gasteiger partial charge in [0, 0.05) is 12.0 Å². The lowest BCUT2D eigenvalue weighted by atomic mass is 9.94. The molecule has 1 aromatic rings. The van der Waals surface area contributed by atoms with E-state index >= 15 is 0 Å². The van der Waals surface area contributed by atoms with Gasteiger partial charge in [0.15, 0.2) is 5.78 Å². The van der Waals surface area contributed by atoms with Gasteiger partial charge < -0.3 is 0 Å². The minimum absolute atomic E-state index is 0.274. The van der Waals surface area contributed by atoms with E-state index in [4.69, 9.17) is 0 Å². The van der Waals surface area contributed by atoms with Gasteiger partial charge in [-0.05, 0) is 30.9 Å². The second-order valence-electron chi connectivity index (χ2n) is 4.29. The first-order valence-corrected chi connectivity index (χ1v) is 5.11. The Labute approximate surface area is 86.1 Å². The van der Waals surface area contributed by atoms with Gasteiger partial charge in [-0.2, -0.15) is 0 Å². The molecular weight excluding hydrogens is 172 g/mol. The molecule has 14 heavy (non-hydrogen) atoms. The van der Waals surface area contributed by atoms with Crippen molar-refractivity contribution < 1.29 is 4.79 Å². The van der Waals surface area contributed by atoms with Gasteiger partial charge in [0.25, 0.3) is 0 Å². The largest absolute Gasteiger partial charge is 0.294 e. The quantitative estimate of drug-likeness (QED) is 0.666. The molecule has 0 aliphatic rings. The van der Waals surface area contributed by atoms with Crippen LogP contribution in [0.15, 0.2) is 18.2 Å². The number of carbonyl (C=O) groups is 1. The minimum Gasteiger partial charge on any atom is -0.294 e. The van der Waals surface area contributed by atoms with E-state index in [1.807, 2.05) is 32.0 Å². The van der Waals surface area contributed by atoms with Crippen LogP contribution < -0.4 is 0 Å². The van der Waals surface area contributed by atoms with Gasteiger partial charge in [-0.3, -0.25) is 4.79 Å². The fraction of sp³-hybridized carbons (Fsp3) is 0.462. The monoisotopic (exact) mass is 190 g/mol. The van der Waals surface area contributed by atoms with Crippen LogP contribution in [-0.2, 0) is 0 Å². The number of aryl methyl sites for hydroxylation is 2. The molecule has 0 bridgehead atoms. The lowest BCUT2D eigenvalue weighted by Gasteiger charge is -2.09. The van der Waals surface area contributed by atoms with E-state index in [9.17, 15) is 4.79 Å². The molecule has 0 radical (unpaired) electrons. The molecule has 0 fully saturated rings. The highest BCUT2D eigenvalue weighted by atomic mass is 16.1. The molecule has 0 spiro atoms. The van der Waals surface area contributed by atoms with Crippen molar-refractivity contribution in [2.24, 2.45) is 5.92 Å². The number of rotatable bonds is 3. The van der Waals surface area contributed by atoms with Crippen molar-refractivity contribution in [3.8, 4) is 0 Å². The summed E-state index contributed by atoms with van der Waals surface area (Å²) in [7, 11) is 0. The molecule has 0 amide bonds. The second kappa shape index (κ2) is 4.41. The second-order valence-corrected chi connectivity index (χ2v) is 4.29. The predicted octanol–water partition coefficient (Wildman–Crippen LogP) is 3.53. The Kier molecular flexibility index (Phi) is 3.45. The standard InChI is InChI=1S/C13H18O/c1-9(2)8-12(14)13-10(3)6-5-7-11(13)4/h5-7,9H,8H2,1-4H3. The first-order chi connectivity index (χ1) is 6.52. The van der Waals surface area contributed by atoms with E-state index in [1.165, 1.54) is 0 Å². The molecule has 0 N–H and O–H groups in total. The highest BCUT2D eigenvalue weighted by Crippen LogP contribution is 2.17. The zero-order chi connectivity index (χ0) is 10.7. The average molecular weight is 190 g/mol. The normalized spacial score (nSPS) is 10.6. The van der Waals surface area contributed by atoms with E-state index in [0.29, 0.717) is 12.3 Å². The Morgan fingerprint density at radius 3 is 2.14 bits per heavy atom. The molecule has 1 heteroatoms. The Balaban J connectivity index is 3.00. The number of benzene rings is 1. The maximum Gasteiger partial charge on any atom is 0.163 e. The molecule has 0 heterocycles. The van der Waals surface area contributed by atoms with E-state index < -0.39 is 0 Å². The van der Waals surface area contributed by atoms with Crippen molar-refractivity contribution in [1.82, 2.24) is 0 Å². The van der Waals surface area contributed by atoms with Gasteiger partial charge in [-0.15, -0.1) is 0 Å². The van der Waals surface area contributed by atoms with Crippen LogP contribution in [0.25, 0.3) is 0 Å². The number of Topliss-reactive ketones (excluding diaryl/α,β-unsaturated/α-hetero) is 1. The topological polar surface area (TPSA) is 17.1 Å². The summed E-state index contributed by atoms with van der Waals surface area (Å²) < 4.78 is 0. The molecule has 0 unspecified atom stereocenters. The third kappa shape index (κ3) is 2.44. The van der Waals surface area contributed by atoms with Gasteiger partial charge in [-0.1, -0.05) is 32.0 Å². The van der Waals surface area contributed by atoms with Crippen molar-refractivity contribution in [1.29, 1.82) is 0 Å². The van der Waals surface area contributed by atoms with E-state index in [1.54, 1.807) is 0 Å². The average Bonchev–Trinajstić information content (AvgIpc) is 2.01. The number of ketones is 1. The van der Waals surface area contributed by atoms with Crippen molar-refractivity contribution in [2.75, 3.05) is 0 Å². The van der Waals surface area contributed by atoms with Gasteiger partial charge in [-0.25, -0.2) is 0 Å². The van der Waals surface area contributed by atoms with Gasteiger partial charge in [0.1, 0.15) is 0 Å². The third-order valence-electron chi connectivity index (χ3n) is 2.35. The van der Waals surface area contributed by atoms with Crippen LogP contribution in [0.5, 0.6) is 0 Å². The number of hydrogen-bond acceptors (Lipinski definition) is 1. The zero-order valence-corrected chi connectivity index (χ0v) is 9.42. The zero-order valence-electron chi connectivity index (χ0n) is 9.42. The molecule has 0 saturated carbocycles. The number of carbonyl (C=O) groups excluding carboxylic acids is 1. The molecule has 0 aliphatic heterocycles. The van der Waals surface area contributed by atoms with Crippen LogP contribution >= 0.6 is 0 Å². The third-order valence-corrected chi connectivity index (χ3v) is 2.35. The summed E-state index contributed by atoms with van der Waals surface area (Å²) in [6.07, 6.45) is 0.645. The Morgan fingerprint density at radius 2 is 1.71 bits per heavy atom. The fourth-order valence-corrected chi connectivity index (χ4v) is 1.73. The molecular formula is C13H18O. The molecule has 76 valence electrons. The SMILES string of the molecule is Cc1cccc(C)c1C(=O)CC(C)C. The van der Waals surface area contributed by atoms with Crippen LogP contribution in [-0.4, -0.2) is 5.78 Å². The highest BCUT2D eigenvalue weighted by Gasteiger charge is 2.12. The smallest absolute Gasteiger partial charge is 0.163 e. The molecule has 1 nitrogen and oxygen atoms in total. The first kappa shape index (κ1) is 11.0. The van der Waals surface area contributed by atoms with Gasteiger partial charge >= 0.3 is 0 Å². The van der Waals surface area contributed by atoms with Crippen molar-refractivity contribution in [3.05, 3.63) is 34.9 Å². The van der Waals surface area contributed by atoms with Crippen molar-refractivity contribution in [2.45, 2.75) is 34.1 Å². The summed E-state index contributed by atoms with van der Waals surface area (Å²) in [6.45, 7) is 8.15. The lowest BCUT2D eigenvalue weighted by molar-refractivity contribution is 0.0966. The fourth-order valence-electron chi connectivity index (χ4n) is 1.73. The first-order valence-electron chi connectivity index (χ1n) is 5.11. The summed E-state index contributed by atoms with van der Waals surface area (Å²) in [4.78, 5) is 11.9. The molecule has 1 aromatic carbocycles. The van der Waals surface area contributed by atoms with Gasteiger partial charge in [0.05, 0.1) is 0 Å². The van der Waals surface area contributed by atoms with Crippen molar-refractivity contribution >= 4 is 5.78 Å². The summed E-state index contributed by atoms with van der Waals surface area (Å²) >= 11 is 0. The Bertz CT molecular complexity index is 317. The number of hydrogen-bond donors (Lipinski definition) is 0. The predicted molar refractivity (Wildman–Crippen MR) is 59.7 cm³/mol. The molecule has 0 aliphatic carbocycles. The van der Waals surface area contributed by atoms with Crippen LogP contribution in [0.4, 0.5) is 0 Å². The minimum atomic E-state index is 0.274. The highest BCUT2D eigenvalue weighted by molar-refractivity contribution is 5.98. The summed E-state index contributed by atoms with van der Waals surface area (Å²) in [5.74, 6) is 0.706. The van der Waals surface area contributed by atoms with Crippen LogP contribution in [0.1, 0.15) is 41.8 Å². The van der Waals surface area contributed by atoms with E-state index in [2.05, 4.69) is 13.8 Å². The van der Waals surface area contributed by atoms with Crippen LogP contribution in [0.2, 0.25) is 0 Å². The van der Waals surface area contributed by atoms with E-state index in [-0.39, 0.29) is 5.78 Å². The molecule has 1 rings (SSSR count). The van der Waals surface area contributed by atoms with Crippen LogP contribution in [0, 0.1) is 19.8 Å². The lowest BCUT2D eigenvalue weighted by Crippen LogP contribution is -2.07. The maximum atomic E-state index is 11.9. The summed E-state index contributed by atoms with van der Waals surface area (Å²) in [5, 5.41) is 0. The van der Waals surface area contributed by atoms with Gasteiger partial charge in [0.2, 0.25) is 0 Å². The molecule has 0 atom stereocenters. The summed E-state index contributed by atoms with van der Waals surface area (Å²) in [5.41, 5.74) is 3.10. The summed E-state index contributed by atoms with van der Waals surface area (Å²) in [6, 6.07) is 6.00. The molecule has 0 saturated heterocycles. The molecule has 0 aromatic heterocycles. The van der Waals surface area contributed by atoms with Crippen LogP contribution in [0.3, 0.4) is 0 Å². The Hall–Kier alpha value is -1.11. The maximum absolute atomic E-state index is 11.9.